The van der Waals surface area contributed by atoms with Gasteiger partial charge in [-0.05, 0) is 37.6 Å². The van der Waals surface area contributed by atoms with Crippen molar-refractivity contribution in [1.29, 1.82) is 0 Å². The molecule has 0 bridgehead atoms. The second-order valence-corrected chi connectivity index (χ2v) is 6.59. The van der Waals surface area contributed by atoms with E-state index in [9.17, 15) is 14.4 Å². The number of aromatic amines is 1. The largest absolute Gasteiger partial charge is 0.370 e. The standard InChI is InChI=1S/C21H24N4O3/c1-3-24(18-11-7-4-8-15(18)2)13-12-22-19(26)14-25-21(28)17-10-6-5-9-16(17)20(27)23-25/h4-11H,3,12-14H2,1-2H3,(H,22,26)(H,23,27). The Kier molecular flexibility index (Phi) is 5.93. The molecule has 0 radical (unpaired) electrons. The van der Waals surface area contributed by atoms with Crippen LogP contribution in [0.2, 0.25) is 0 Å². The van der Waals surface area contributed by atoms with Gasteiger partial charge in [-0.1, -0.05) is 30.3 Å². The SMILES string of the molecule is CCN(CCNC(=O)Cn1[nH]c(=O)c2ccccc2c1=O)c1ccccc1C. The first-order valence-electron chi connectivity index (χ1n) is 9.30. The van der Waals surface area contributed by atoms with E-state index >= 15 is 0 Å². The summed E-state index contributed by atoms with van der Waals surface area (Å²) in [5.74, 6) is -0.325. The van der Waals surface area contributed by atoms with Crippen LogP contribution in [-0.4, -0.2) is 35.3 Å². The van der Waals surface area contributed by atoms with E-state index in [2.05, 4.69) is 41.3 Å². The molecule has 1 amide bonds. The highest BCUT2D eigenvalue weighted by Gasteiger charge is 2.11. The van der Waals surface area contributed by atoms with Crippen molar-refractivity contribution in [3.63, 3.8) is 0 Å². The predicted molar refractivity (Wildman–Crippen MR) is 111 cm³/mol. The number of aromatic nitrogens is 2. The Hall–Kier alpha value is -3.35. The third-order valence-electron chi connectivity index (χ3n) is 4.73. The Balaban J connectivity index is 1.64. The molecular formula is C21H24N4O3. The maximum Gasteiger partial charge on any atom is 0.273 e. The van der Waals surface area contributed by atoms with Gasteiger partial charge < -0.3 is 10.2 Å². The molecule has 7 nitrogen and oxygen atoms in total. The van der Waals surface area contributed by atoms with E-state index in [1.807, 2.05) is 12.1 Å². The number of H-pyrrole nitrogens is 1. The van der Waals surface area contributed by atoms with Crippen molar-refractivity contribution in [1.82, 2.24) is 15.1 Å². The lowest BCUT2D eigenvalue weighted by Crippen LogP contribution is -2.40. The van der Waals surface area contributed by atoms with Crippen LogP contribution < -0.4 is 21.3 Å². The number of rotatable bonds is 7. The van der Waals surface area contributed by atoms with E-state index in [1.165, 1.54) is 5.56 Å². The van der Waals surface area contributed by atoms with Gasteiger partial charge in [0.25, 0.3) is 11.1 Å². The maximum absolute atomic E-state index is 12.5. The van der Waals surface area contributed by atoms with Crippen molar-refractivity contribution in [3.05, 3.63) is 74.8 Å². The minimum atomic E-state index is -0.389. The number of benzene rings is 2. The molecular weight excluding hydrogens is 356 g/mol. The van der Waals surface area contributed by atoms with Crippen LogP contribution >= 0.6 is 0 Å². The highest BCUT2D eigenvalue weighted by molar-refractivity contribution is 5.81. The second kappa shape index (κ2) is 8.56. The quantitative estimate of drug-likeness (QED) is 0.652. The lowest BCUT2D eigenvalue weighted by molar-refractivity contribution is -0.121. The van der Waals surface area contributed by atoms with E-state index < -0.39 is 0 Å². The van der Waals surface area contributed by atoms with Gasteiger partial charge in [-0.2, -0.15) is 0 Å². The highest BCUT2D eigenvalue weighted by atomic mass is 16.2. The molecule has 0 fully saturated rings. The van der Waals surface area contributed by atoms with Gasteiger partial charge >= 0.3 is 0 Å². The number of hydrogen-bond acceptors (Lipinski definition) is 4. The molecule has 0 aliphatic heterocycles. The van der Waals surface area contributed by atoms with Crippen molar-refractivity contribution < 1.29 is 4.79 Å². The van der Waals surface area contributed by atoms with Crippen LogP contribution in [0.25, 0.3) is 10.8 Å². The molecule has 0 saturated heterocycles. The fraction of sp³-hybridized carbons (Fsp3) is 0.286. The fourth-order valence-electron chi connectivity index (χ4n) is 3.25. The molecule has 3 rings (SSSR count). The number of carbonyl (C=O) groups excluding carboxylic acids is 1. The van der Waals surface area contributed by atoms with E-state index in [1.54, 1.807) is 24.3 Å². The number of hydrogen-bond donors (Lipinski definition) is 2. The van der Waals surface area contributed by atoms with Crippen molar-refractivity contribution in [2.24, 2.45) is 0 Å². The van der Waals surface area contributed by atoms with E-state index in [0.717, 1.165) is 16.9 Å². The molecule has 0 spiro atoms. The summed E-state index contributed by atoms with van der Waals surface area (Å²) in [4.78, 5) is 39.0. The zero-order valence-electron chi connectivity index (χ0n) is 16.1. The summed E-state index contributed by atoms with van der Waals surface area (Å²) in [5, 5.41) is 5.91. The van der Waals surface area contributed by atoms with Gasteiger partial charge in [0.2, 0.25) is 5.91 Å². The molecule has 0 saturated carbocycles. The number of nitrogens with one attached hydrogen (secondary N) is 2. The summed E-state index contributed by atoms with van der Waals surface area (Å²) < 4.78 is 1.05. The number of carbonyl (C=O) groups is 1. The first-order chi connectivity index (χ1) is 13.5. The molecule has 0 atom stereocenters. The van der Waals surface area contributed by atoms with Crippen molar-refractivity contribution in [2.45, 2.75) is 20.4 Å². The predicted octanol–water partition coefficient (Wildman–Crippen LogP) is 1.64. The second-order valence-electron chi connectivity index (χ2n) is 6.59. The summed E-state index contributed by atoms with van der Waals surface area (Å²) in [6.45, 7) is 5.80. The van der Waals surface area contributed by atoms with Crippen LogP contribution in [0.3, 0.4) is 0 Å². The summed E-state index contributed by atoms with van der Waals surface area (Å²) in [6, 6.07) is 14.7. The Labute approximate surface area is 162 Å². The van der Waals surface area contributed by atoms with Gasteiger partial charge in [0, 0.05) is 25.3 Å². The van der Waals surface area contributed by atoms with Crippen molar-refractivity contribution in [3.8, 4) is 0 Å². The number of likely N-dealkylation sites (N-methyl/N-ethyl adjacent to an activating group) is 1. The number of nitrogens with zero attached hydrogens (tertiary/aromatic N) is 2. The van der Waals surface area contributed by atoms with Crippen LogP contribution in [-0.2, 0) is 11.3 Å². The zero-order valence-corrected chi connectivity index (χ0v) is 16.1. The van der Waals surface area contributed by atoms with E-state index in [4.69, 9.17) is 0 Å². The molecule has 0 aliphatic rings. The Morgan fingerprint density at radius 3 is 2.46 bits per heavy atom. The van der Waals surface area contributed by atoms with E-state index in [0.29, 0.717) is 23.9 Å². The molecule has 1 heterocycles. The Bertz CT molecular complexity index is 1100. The number of amides is 1. The third-order valence-corrected chi connectivity index (χ3v) is 4.73. The lowest BCUT2D eigenvalue weighted by atomic mass is 10.2. The van der Waals surface area contributed by atoms with Gasteiger partial charge in [0.05, 0.1) is 10.8 Å². The van der Waals surface area contributed by atoms with Crippen LogP contribution in [0.1, 0.15) is 12.5 Å². The smallest absolute Gasteiger partial charge is 0.273 e. The monoisotopic (exact) mass is 380 g/mol. The molecule has 0 unspecified atom stereocenters. The molecule has 1 aromatic heterocycles. The Morgan fingerprint density at radius 1 is 1.07 bits per heavy atom. The fourth-order valence-corrected chi connectivity index (χ4v) is 3.25. The first kappa shape index (κ1) is 19.4. The molecule has 2 N–H and O–H groups in total. The van der Waals surface area contributed by atoms with Crippen molar-refractivity contribution >= 4 is 22.4 Å². The highest BCUT2D eigenvalue weighted by Crippen LogP contribution is 2.18. The van der Waals surface area contributed by atoms with Gasteiger partial charge in [-0.3, -0.25) is 19.5 Å². The Morgan fingerprint density at radius 2 is 1.75 bits per heavy atom. The average molecular weight is 380 g/mol. The number of fused-ring (bicyclic) bond motifs is 1. The van der Waals surface area contributed by atoms with Gasteiger partial charge in [0.15, 0.2) is 0 Å². The number of para-hydroxylation sites is 1. The first-order valence-corrected chi connectivity index (χ1v) is 9.30. The van der Waals surface area contributed by atoms with Gasteiger partial charge in [-0.15, -0.1) is 0 Å². The van der Waals surface area contributed by atoms with Crippen molar-refractivity contribution in [2.75, 3.05) is 24.5 Å². The average Bonchev–Trinajstić information content (AvgIpc) is 2.70. The van der Waals surface area contributed by atoms with Crippen LogP contribution in [0, 0.1) is 6.92 Å². The van der Waals surface area contributed by atoms with Gasteiger partial charge in [-0.25, -0.2) is 4.68 Å². The third kappa shape index (κ3) is 4.14. The summed E-state index contributed by atoms with van der Waals surface area (Å²) in [6.07, 6.45) is 0. The lowest BCUT2D eigenvalue weighted by Gasteiger charge is -2.25. The van der Waals surface area contributed by atoms with E-state index in [-0.39, 0.29) is 23.6 Å². The zero-order chi connectivity index (χ0) is 20.1. The minimum absolute atomic E-state index is 0.227. The molecule has 28 heavy (non-hydrogen) atoms. The molecule has 7 heteroatoms. The van der Waals surface area contributed by atoms with Gasteiger partial charge in [0.1, 0.15) is 6.54 Å². The molecule has 146 valence electrons. The van der Waals surface area contributed by atoms with Crippen LogP contribution in [0.15, 0.2) is 58.1 Å². The minimum Gasteiger partial charge on any atom is -0.370 e. The normalized spacial score (nSPS) is 10.8. The summed E-state index contributed by atoms with van der Waals surface area (Å²) in [5.41, 5.74) is 1.53. The topological polar surface area (TPSA) is 87.2 Å². The molecule has 3 aromatic rings. The summed E-state index contributed by atoms with van der Waals surface area (Å²) >= 11 is 0. The number of aryl methyl sites for hydroxylation is 1. The number of anilines is 1. The van der Waals surface area contributed by atoms with Crippen LogP contribution in [0.5, 0.6) is 0 Å². The summed E-state index contributed by atoms with van der Waals surface area (Å²) in [7, 11) is 0. The molecule has 2 aromatic carbocycles. The van der Waals surface area contributed by atoms with Crippen LogP contribution in [0.4, 0.5) is 5.69 Å². The maximum atomic E-state index is 12.5. The molecule has 0 aliphatic carbocycles.